The number of hydrogen-bond acceptors (Lipinski definition) is 2. The minimum absolute atomic E-state index is 0.148. The average Bonchev–Trinajstić information content (AvgIpc) is 2.60. The van der Waals surface area contributed by atoms with E-state index in [2.05, 4.69) is 35.6 Å². The molecule has 0 spiro atoms. The van der Waals surface area contributed by atoms with Crippen molar-refractivity contribution < 1.29 is 4.79 Å². The van der Waals surface area contributed by atoms with Gasteiger partial charge in [-0.3, -0.25) is 4.79 Å². The molecule has 1 amide bonds. The molecule has 0 saturated carbocycles. The zero-order chi connectivity index (χ0) is 14.9. The maximum atomic E-state index is 13.1. The second kappa shape index (κ2) is 5.43. The largest absolute Gasteiger partial charge is 0.336 e. The van der Waals surface area contributed by atoms with Crippen LogP contribution in [0.3, 0.4) is 0 Å². The summed E-state index contributed by atoms with van der Waals surface area (Å²) in [6.45, 7) is 3.29. The Morgan fingerprint density at radius 3 is 2.00 bits per heavy atom. The first-order valence-electron chi connectivity index (χ1n) is 7.75. The third-order valence-corrected chi connectivity index (χ3v) is 4.39. The number of rotatable bonds is 1. The van der Waals surface area contributed by atoms with Crippen LogP contribution < -0.4 is 5.32 Å². The predicted molar refractivity (Wildman–Crippen MR) is 90.2 cm³/mol. The van der Waals surface area contributed by atoms with Gasteiger partial charge in [0.2, 0.25) is 0 Å². The van der Waals surface area contributed by atoms with Crippen LogP contribution in [0.25, 0.3) is 21.5 Å². The van der Waals surface area contributed by atoms with Gasteiger partial charge in [-0.05, 0) is 27.6 Å². The van der Waals surface area contributed by atoms with Crippen LogP contribution in [0.5, 0.6) is 0 Å². The summed E-state index contributed by atoms with van der Waals surface area (Å²) in [6, 6.07) is 18.5. The minimum Gasteiger partial charge on any atom is -0.336 e. The smallest absolute Gasteiger partial charge is 0.255 e. The molecule has 1 fully saturated rings. The van der Waals surface area contributed by atoms with E-state index in [1.54, 1.807) is 0 Å². The number of nitrogens with one attached hydrogen (secondary N) is 1. The van der Waals surface area contributed by atoms with E-state index < -0.39 is 0 Å². The van der Waals surface area contributed by atoms with E-state index in [0.29, 0.717) is 0 Å². The fourth-order valence-corrected chi connectivity index (χ4v) is 3.27. The van der Waals surface area contributed by atoms with Gasteiger partial charge in [-0.25, -0.2) is 0 Å². The molecule has 0 atom stereocenters. The molecule has 1 N–H and O–H groups in total. The molecule has 3 aromatic rings. The molecular formula is C19H18N2O. The molecule has 1 aliphatic rings. The van der Waals surface area contributed by atoms with Crippen LogP contribution in [0.15, 0.2) is 54.6 Å². The molecular weight excluding hydrogens is 272 g/mol. The van der Waals surface area contributed by atoms with Gasteiger partial charge in [0, 0.05) is 26.2 Å². The van der Waals surface area contributed by atoms with E-state index in [9.17, 15) is 4.79 Å². The molecule has 3 heteroatoms. The summed E-state index contributed by atoms with van der Waals surface area (Å²) in [5.41, 5.74) is 0.843. The summed E-state index contributed by atoms with van der Waals surface area (Å²) < 4.78 is 0. The van der Waals surface area contributed by atoms with Crippen molar-refractivity contribution in [3.05, 3.63) is 60.2 Å². The fourth-order valence-electron chi connectivity index (χ4n) is 3.27. The molecule has 22 heavy (non-hydrogen) atoms. The molecule has 4 rings (SSSR count). The molecule has 0 aliphatic carbocycles. The highest BCUT2D eigenvalue weighted by Crippen LogP contribution is 2.29. The Morgan fingerprint density at radius 2 is 1.41 bits per heavy atom. The van der Waals surface area contributed by atoms with Crippen LogP contribution in [-0.4, -0.2) is 37.0 Å². The van der Waals surface area contributed by atoms with Crippen molar-refractivity contribution in [3.63, 3.8) is 0 Å². The Kier molecular flexibility index (Phi) is 3.28. The second-order valence-electron chi connectivity index (χ2n) is 5.74. The number of fused-ring (bicyclic) bond motifs is 2. The van der Waals surface area contributed by atoms with Crippen molar-refractivity contribution in [1.82, 2.24) is 10.2 Å². The van der Waals surface area contributed by atoms with Gasteiger partial charge in [0.15, 0.2) is 0 Å². The van der Waals surface area contributed by atoms with Gasteiger partial charge in [0.1, 0.15) is 0 Å². The summed E-state index contributed by atoms with van der Waals surface area (Å²) in [6.07, 6.45) is 0. The number of carbonyl (C=O) groups is 1. The standard InChI is InChI=1S/C19H18N2O/c22-19(21-11-9-20-10-12-21)18-16-7-3-1-5-14(16)13-15-6-2-4-8-17(15)18/h1-8,13,20H,9-12H2. The topological polar surface area (TPSA) is 32.3 Å². The molecule has 0 bridgehead atoms. The number of amides is 1. The molecule has 1 heterocycles. The van der Waals surface area contributed by atoms with Gasteiger partial charge in [-0.1, -0.05) is 48.5 Å². The third-order valence-electron chi connectivity index (χ3n) is 4.39. The van der Waals surface area contributed by atoms with Crippen molar-refractivity contribution in [2.45, 2.75) is 0 Å². The normalized spacial score (nSPS) is 15.4. The SMILES string of the molecule is O=C(c1c2ccccc2cc2ccccc12)N1CCNCC1. The van der Waals surface area contributed by atoms with Crippen LogP contribution >= 0.6 is 0 Å². The fraction of sp³-hybridized carbons (Fsp3) is 0.211. The summed E-state index contributed by atoms with van der Waals surface area (Å²) in [5.74, 6) is 0.148. The van der Waals surface area contributed by atoms with Crippen LogP contribution in [0.2, 0.25) is 0 Å². The zero-order valence-corrected chi connectivity index (χ0v) is 12.4. The van der Waals surface area contributed by atoms with E-state index in [-0.39, 0.29) is 5.91 Å². The average molecular weight is 290 g/mol. The van der Waals surface area contributed by atoms with Crippen molar-refractivity contribution in [3.8, 4) is 0 Å². The van der Waals surface area contributed by atoms with Crippen molar-refractivity contribution in [2.24, 2.45) is 0 Å². The van der Waals surface area contributed by atoms with Gasteiger partial charge in [0.25, 0.3) is 5.91 Å². The summed E-state index contributed by atoms with van der Waals surface area (Å²) in [4.78, 5) is 15.1. The lowest BCUT2D eigenvalue weighted by molar-refractivity contribution is 0.0740. The maximum absolute atomic E-state index is 13.1. The highest BCUT2D eigenvalue weighted by molar-refractivity contribution is 6.18. The van der Waals surface area contributed by atoms with Crippen molar-refractivity contribution in [1.29, 1.82) is 0 Å². The van der Waals surface area contributed by atoms with Crippen LogP contribution in [0.4, 0.5) is 0 Å². The molecule has 3 aromatic carbocycles. The molecule has 1 saturated heterocycles. The first-order chi connectivity index (χ1) is 10.8. The number of carbonyl (C=O) groups excluding carboxylic acids is 1. The lowest BCUT2D eigenvalue weighted by Crippen LogP contribution is -2.46. The Bertz CT molecular complexity index is 796. The van der Waals surface area contributed by atoms with Crippen molar-refractivity contribution >= 4 is 27.5 Å². The van der Waals surface area contributed by atoms with Gasteiger partial charge >= 0.3 is 0 Å². The van der Waals surface area contributed by atoms with Crippen LogP contribution in [0, 0.1) is 0 Å². The maximum Gasteiger partial charge on any atom is 0.255 e. The van der Waals surface area contributed by atoms with Gasteiger partial charge in [-0.2, -0.15) is 0 Å². The summed E-state index contributed by atoms with van der Waals surface area (Å²) >= 11 is 0. The molecule has 0 unspecified atom stereocenters. The number of benzene rings is 3. The van der Waals surface area contributed by atoms with E-state index in [0.717, 1.165) is 53.3 Å². The van der Waals surface area contributed by atoms with Gasteiger partial charge in [0.05, 0.1) is 5.56 Å². The first kappa shape index (κ1) is 13.3. The number of hydrogen-bond donors (Lipinski definition) is 1. The predicted octanol–water partition coefficient (Wildman–Crippen LogP) is 3.04. The molecule has 1 aliphatic heterocycles. The summed E-state index contributed by atoms with van der Waals surface area (Å²) in [7, 11) is 0. The van der Waals surface area contributed by atoms with Gasteiger partial charge in [-0.15, -0.1) is 0 Å². The highest BCUT2D eigenvalue weighted by atomic mass is 16.2. The van der Waals surface area contributed by atoms with Crippen LogP contribution in [-0.2, 0) is 0 Å². The molecule has 0 aromatic heterocycles. The molecule has 0 radical (unpaired) electrons. The first-order valence-corrected chi connectivity index (χ1v) is 7.75. The number of piperazine rings is 1. The van der Waals surface area contributed by atoms with Gasteiger partial charge < -0.3 is 10.2 Å². The van der Waals surface area contributed by atoms with Crippen molar-refractivity contribution in [2.75, 3.05) is 26.2 Å². The Hall–Kier alpha value is -2.39. The lowest BCUT2D eigenvalue weighted by Gasteiger charge is -2.28. The summed E-state index contributed by atoms with van der Waals surface area (Å²) in [5, 5.41) is 7.64. The van der Waals surface area contributed by atoms with E-state index >= 15 is 0 Å². The molecule has 110 valence electrons. The van der Waals surface area contributed by atoms with E-state index in [4.69, 9.17) is 0 Å². The Morgan fingerprint density at radius 1 is 0.864 bits per heavy atom. The Labute approximate surface area is 129 Å². The quantitative estimate of drug-likeness (QED) is 0.699. The van der Waals surface area contributed by atoms with E-state index in [1.165, 1.54) is 0 Å². The van der Waals surface area contributed by atoms with Crippen LogP contribution in [0.1, 0.15) is 10.4 Å². The number of nitrogens with zero attached hydrogens (tertiary/aromatic N) is 1. The highest BCUT2D eigenvalue weighted by Gasteiger charge is 2.22. The minimum atomic E-state index is 0.148. The van der Waals surface area contributed by atoms with E-state index in [1.807, 2.05) is 29.2 Å². The zero-order valence-electron chi connectivity index (χ0n) is 12.4. The second-order valence-corrected chi connectivity index (χ2v) is 5.74. The monoisotopic (exact) mass is 290 g/mol. The molecule has 3 nitrogen and oxygen atoms in total. The lowest BCUT2D eigenvalue weighted by atomic mass is 9.96. The Balaban J connectivity index is 1.97. The third kappa shape index (κ3) is 2.14.